The van der Waals surface area contributed by atoms with Crippen molar-refractivity contribution in [1.29, 1.82) is 0 Å². The Bertz CT molecular complexity index is 1030. The zero-order valence-electron chi connectivity index (χ0n) is 14.6. The van der Waals surface area contributed by atoms with E-state index in [4.69, 9.17) is 4.74 Å². The van der Waals surface area contributed by atoms with Crippen LogP contribution in [0.2, 0.25) is 0 Å². The number of nitrogens with zero attached hydrogens (tertiary/aromatic N) is 2. The zero-order valence-corrected chi connectivity index (χ0v) is 15.4. The monoisotopic (exact) mass is 352 g/mol. The third-order valence-corrected chi connectivity index (χ3v) is 5.16. The second kappa shape index (κ2) is 7.07. The highest BCUT2D eigenvalue weighted by molar-refractivity contribution is 7.16. The highest BCUT2D eigenvalue weighted by Crippen LogP contribution is 2.22. The van der Waals surface area contributed by atoms with Crippen LogP contribution >= 0.6 is 11.3 Å². The number of methoxy groups -OCH3 is 1. The predicted octanol–water partition coefficient (Wildman–Crippen LogP) is 4.26. The van der Waals surface area contributed by atoms with Gasteiger partial charge in [0.05, 0.1) is 17.3 Å². The van der Waals surface area contributed by atoms with Gasteiger partial charge in [0.1, 0.15) is 5.75 Å². The van der Waals surface area contributed by atoms with Crippen LogP contribution in [-0.2, 0) is 6.54 Å². The molecule has 0 aliphatic heterocycles. The number of hydrogen-bond acceptors (Lipinski definition) is 3. The molecule has 0 fully saturated rings. The van der Waals surface area contributed by atoms with E-state index in [1.807, 2.05) is 10.6 Å². The lowest BCUT2D eigenvalue weighted by atomic mass is 10.1. The lowest BCUT2D eigenvalue weighted by Gasteiger charge is -2.04. The summed E-state index contributed by atoms with van der Waals surface area (Å²) in [5, 5.41) is 0. The molecule has 1 amide bonds. The Kier molecular flexibility index (Phi) is 4.86. The fraction of sp³-hybridized carbons (Fsp3) is 0.200. The van der Waals surface area contributed by atoms with Gasteiger partial charge in [-0.3, -0.25) is 4.79 Å². The zero-order chi connectivity index (χ0) is 18.0. The number of carbonyl (C=O) groups excluding carboxylic acids is 1. The van der Waals surface area contributed by atoms with Crippen LogP contribution in [0.1, 0.15) is 21.5 Å². The Morgan fingerprint density at radius 3 is 2.76 bits per heavy atom. The smallest absolute Gasteiger partial charge is 0.279 e. The number of allylic oxidation sites excluding steroid dienone is 1. The number of fused-ring (bicyclic) bond motifs is 1. The van der Waals surface area contributed by atoms with E-state index in [-0.39, 0.29) is 5.91 Å². The maximum Gasteiger partial charge on any atom is 0.279 e. The van der Waals surface area contributed by atoms with Crippen molar-refractivity contribution in [3.05, 3.63) is 70.5 Å². The minimum atomic E-state index is -0.281. The number of aromatic nitrogens is 1. The summed E-state index contributed by atoms with van der Waals surface area (Å²) < 4.78 is 8.32. The highest BCUT2D eigenvalue weighted by atomic mass is 32.1. The van der Waals surface area contributed by atoms with Crippen LogP contribution in [0, 0.1) is 13.8 Å². The van der Waals surface area contributed by atoms with E-state index in [1.165, 1.54) is 22.5 Å². The van der Waals surface area contributed by atoms with Gasteiger partial charge in [-0.1, -0.05) is 23.5 Å². The number of aryl methyl sites for hydroxylation is 2. The molecule has 0 radical (unpaired) electrons. The molecule has 4 nitrogen and oxygen atoms in total. The largest absolute Gasteiger partial charge is 0.497 e. The van der Waals surface area contributed by atoms with E-state index in [0.29, 0.717) is 22.7 Å². The van der Waals surface area contributed by atoms with Crippen LogP contribution in [0.15, 0.2) is 54.0 Å². The molecular weight excluding hydrogens is 332 g/mol. The van der Waals surface area contributed by atoms with Gasteiger partial charge < -0.3 is 9.30 Å². The summed E-state index contributed by atoms with van der Waals surface area (Å²) in [6.45, 7) is 8.60. The summed E-state index contributed by atoms with van der Waals surface area (Å²) in [4.78, 5) is 17.6. The molecule has 1 heterocycles. The Labute approximate surface area is 150 Å². The molecule has 2 aromatic carbocycles. The third-order valence-electron chi connectivity index (χ3n) is 4.12. The highest BCUT2D eigenvalue weighted by Gasteiger charge is 2.10. The second-order valence-electron chi connectivity index (χ2n) is 5.84. The Morgan fingerprint density at radius 1 is 1.28 bits per heavy atom. The van der Waals surface area contributed by atoms with Crippen molar-refractivity contribution in [2.24, 2.45) is 4.99 Å². The Balaban J connectivity index is 2.15. The average Bonchev–Trinajstić information content (AvgIpc) is 2.92. The SMILES string of the molecule is C=CCn1c(=NC(=O)c2cccc(OC)c2)sc2cc(C)c(C)cc21. The number of carbonyl (C=O) groups is 1. The van der Waals surface area contributed by atoms with Crippen molar-refractivity contribution >= 4 is 27.5 Å². The molecule has 0 saturated heterocycles. The number of ether oxygens (including phenoxy) is 1. The maximum atomic E-state index is 12.6. The fourth-order valence-corrected chi connectivity index (χ4v) is 3.74. The minimum absolute atomic E-state index is 0.281. The van der Waals surface area contributed by atoms with E-state index in [2.05, 4.69) is 37.6 Å². The number of thiazole rings is 1. The van der Waals surface area contributed by atoms with Crippen molar-refractivity contribution in [2.75, 3.05) is 7.11 Å². The molecule has 0 N–H and O–H groups in total. The first-order valence-corrected chi connectivity index (χ1v) is 8.79. The lowest BCUT2D eigenvalue weighted by Crippen LogP contribution is -2.16. The second-order valence-corrected chi connectivity index (χ2v) is 6.85. The van der Waals surface area contributed by atoms with Gasteiger partial charge in [0.25, 0.3) is 5.91 Å². The summed E-state index contributed by atoms with van der Waals surface area (Å²) in [6.07, 6.45) is 1.82. The van der Waals surface area contributed by atoms with Gasteiger partial charge in [0, 0.05) is 12.1 Å². The molecule has 0 bridgehead atoms. The summed E-state index contributed by atoms with van der Waals surface area (Å²) in [6, 6.07) is 11.3. The molecule has 0 spiro atoms. The topological polar surface area (TPSA) is 43.6 Å². The van der Waals surface area contributed by atoms with Gasteiger partial charge in [-0.2, -0.15) is 4.99 Å². The lowest BCUT2D eigenvalue weighted by molar-refractivity contribution is 0.0997. The van der Waals surface area contributed by atoms with Crippen LogP contribution in [0.3, 0.4) is 0 Å². The molecule has 3 rings (SSSR count). The summed E-state index contributed by atoms with van der Waals surface area (Å²) in [5.74, 6) is 0.360. The van der Waals surface area contributed by atoms with E-state index in [9.17, 15) is 4.79 Å². The van der Waals surface area contributed by atoms with Crippen LogP contribution < -0.4 is 9.54 Å². The van der Waals surface area contributed by atoms with E-state index in [0.717, 1.165) is 10.2 Å². The summed E-state index contributed by atoms with van der Waals surface area (Å²) in [7, 11) is 1.58. The molecular formula is C20H20N2O2S. The van der Waals surface area contributed by atoms with Gasteiger partial charge >= 0.3 is 0 Å². The Morgan fingerprint density at radius 2 is 2.04 bits per heavy atom. The van der Waals surface area contributed by atoms with Crippen molar-refractivity contribution in [3.63, 3.8) is 0 Å². The maximum absolute atomic E-state index is 12.6. The van der Waals surface area contributed by atoms with Crippen molar-refractivity contribution in [3.8, 4) is 5.75 Å². The molecule has 1 aromatic heterocycles. The van der Waals surface area contributed by atoms with Gasteiger partial charge in [0.15, 0.2) is 4.80 Å². The molecule has 25 heavy (non-hydrogen) atoms. The molecule has 128 valence electrons. The molecule has 3 aromatic rings. The molecule has 0 aliphatic rings. The predicted molar refractivity (Wildman–Crippen MR) is 102 cm³/mol. The van der Waals surface area contributed by atoms with Crippen LogP contribution in [-0.4, -0.2) is 17.6 Å². The van der Waals surface area contributed by atoms with Crippen LogP contribution in [0.5, 0.6) is 5.75 Å². The number of rotatable bonds is 4. The van der Waals surface area contributed by atoms with Gasteiger partial charge in [-0.05, 0) is 55.3 Å². The van der Waals surface area contributed by atoms with E-state index < -0.39 is 0 Å². The van der Waals surface area contributed by atoms with E-state index in [1.54, 1.807) is 31.4 Å². The molecule has 0 unspecified atom stereocenters. The first-order valence-electron chi connectivity index (χ1n) is 7.98. The number of amides is 1. The molecule has 5 heteroatoms. The normalized spacial score (nSPS) is 11.7. The van der Waals surface area contributed by atoms with Gasteiger partial charge in [-0.15, -0.1) is 6.58 Å². The first kappa shape index (κ1) is 17.2. The Hall–Kier alpha value is -2.66. The van der Waals surface area contributed by atoms with Crippen molar-refractivity contribution in [2.45, 2.75) is 20.4 Å². The summed E-state index contributed by atoms with van der Waals surface area (Å²) >= 11 is 1.52. The molecule has 0 atom stereocenters. The minimum Gasteiger partial charge on any atom is -0.497 e. The fourth-order valence-electron chi connectivity index (χ4n) is 2.62. The van der Waals surface area contributed by atoms with Crippen molar-refractivity contribution in [1.82, 2.24) is 4.57 Å². The average molecular weight is 352 g/mol. The third kappa shape index (κ3) is 3.42. The van der Waals surface area contributed by atoms with E-state index >= 15 is 0 Å². The standard InChI is InChI=1S/C20H20N2O2S/c1-5-9-22-17-10-13(2)14(3)11-18(17)25-20(22)21-19(23)15-7-6-8-16(12-15)24-4/h5-8,10-12H,1,9H2,2-4H3. The first-order chi connectivity index (χ1) is 12.0. The van der Waals surface area contributed by atoms with Gasteiger partial charge in [0.2, 0.25) is 0 Å². The molecule has 0 saturated carbocycles. The molecule has 0 aliphatic carbocycles. The number of benzene rings is 2. The van der Waals surface area contributed by atoms with Crippen LogP contribution in [0.4, 0.5) is 0 Å². The quantitative estimate of drug-likeness (QED) is 0.659. The van der Waals surface area contributed by atoms with Crippen LogP contribution in [0.25, 0.3) is 10.2 Å². The summed E-state index contributed by atoms with van der Waals surface area (Å²) in [5.41, 5.74) is 4.03. The van der Waals surface area contributed by atoms with Gasteiger partial charge in [-0.25, -0.2) is 0 Å². The number of hydrogen-bond donors (Lipinski definition) is 0. The van der Waals surface area contributed by atoms with Crippen molar-refractivity contribution < 1.29 is 9.53 Å².